The van der Waals surface area contributed by atoms with Gasteiger partial charge in [0.05, 0.1) is 12.6 Å². The molecule has 0 saturated heterocycles. The number of halogens is 1. The van der Waals surface area contributed by atoms with Crippen molar-refractivity contribution in [3.05, 3.63) is 11.1 Å². The van der Waals surface area contributed by atoms with E-state index in [4.69, 9.17) is 16.7 Å². The molecule has 0 aliphatic heterocycles. The zero-order chi connectivity index (χ0) is 11.5. The molecule has 2 rings (SSSR count). The Bertz CT molecular complexity index is 366. The second-order valence-electron chi connectivity index (χ2n) is 3.99. The number of aromatic nitrogens is 3. The highest BCUT2D eigenvalue weighted by Crippen LogP contribution is 2.38. The van der Waals surface area contributed by atoms with Crippen LogP contribution in [0.3, 0.4) is 0 Å². The molecule has 5 nitrogen and oxygen atoms in total. The molecule has 0 bridgehead atoms. The van der Waals surface area contributed by atoms with Crippen LogP contribution in [0, 0.1) is 0 Å². The van der Waals surface area contributed by atoms with Crippen LogP contribution >= 0.6 is 11.6 Å². The quantitative estimate of drug-likeness (QED) is 0.821. The van der Waals surface area contributed by atoms with E-state index in [1.54, 1.807) is 0 Å². The highest BCUT2D eigenvalue weighted by molar-refractivity contribution is 6.28. The van der Waals surface area contributed by atoms with Crippen LogP contribution in [0.15, 0.2) is 0 Å². The first-order valence-corrected chi connectivity index (χ1v) is 5.89. The van der Waals surface area contributed by atoms with E-state index in [0.29, 0.717) is 11.9 Å². The predicted octanol–water partition coefficient (Wildman–Crippen LogP) is 1.59. The molecule has 1 aromatic rings. The molecule has 1 aliphatic rings. The molecule has 0 spiro atoms. The SMILES string of the molecule is CC[C@@H](CO)Nc1nc(Cl)nc(C2CC2)n1. The van der Waals surface area contributed by atoms with Crippen LogP contribution in [-0.2, 0) is 0 Å². The highest BCUT2D eigenvalue weighted by atomic mass is 35.5. The van der Waals surface area contributed by atoms with Gasteiger partial charge in [0, 0.05) is 5.92 Å². The summed E-state index contributed by atoms with van der Waals surface area (Å²) in [5, 5.41) is 12.3. The van der Waals surface area contributed by atoms with Crippen LogP contribution in [0.5, 0.6) is 0 Å². The van der Waals surface area contributed by atoms with E-state index in [9.17, 15) is 0 Å². The first-order valence-electron chi connectivity index (χ1n) is 5.51. The molecule has 1 aliphatic carbocycles. The van der Waals surface area contributed by atoms with E-state index in [2.05, 4.69) is 20.3 Å². The monoisotopic (exact) mass is 242 g/mol. The largest absolute Gasteiger partial charge is 0.394 e. The molecule has 0 amide bonds. The Morgan fingerprint density at radius 1 is 1.44 bits per heavy atom. The Morgan fingerprint density at radius 3 is 2.75 bits per heavy atom. The Labute approximate surface area is 99.3 Å². The molecular weight excluding hydrogens is 228 g/mol. The number of nitrogens with one attached hydrogen (secondary N) is 1. The Kier molecular flexibility index (Phi) is 3.56. The number of rotatable bonds is 5. The molecule has 0 aromatic carbocycles. The maximum Gasteiger partial charge on any atom is 0.227 e. The standard InChI is InChI=1S/C10H15ClN4O/c1-2-7(5-16)12-10-14-8(6-3-4-6)13-9(11)15-10/h6-7,16H,2-5H2,1H3,(H,12,13,14,15)/t7-/m0/s1. The lowest BCUT2D eigenvalue weighted by molar-refractivity contribution is 0.271. The first kappa shape index (κ1) is 11.5. The van der Waals surface area contributed by atoms with Gasteiger partial charge < -0.3 is 10.4 Å². The second kappa shape index (κ2) is 4.93. The van der Waals surface area contributed by atoms with Gasteiger partial charge in [-0.1, -0.05) is 6.92 Å². The summed E-state index contributed by atoms with van der Waals surface area (Å²) in [6.07, 6.45) is 3.05. The van der Waals surface area contributed by atoms with E-state index in [-0.39, 0.29) is 17.9 Å². The summed E-state index contributed by atoms with van der Waals surface area (Å²) in [5.41, 5.74) is 0. The number of nitrogens with zero attached hydrogens (tertiary/aromatic N) is 3. The van der Waals surface area contributed by atoms with Crippen LogP contribution in [0.1, 0.15) is 37.9 Å². The molecule has 1 heterocycles. The van der Waals surface area contributed by atoms with Crippen molar-refractivity contribution in [2.45, 2.75) is 38.1 Å². The zero-order valence-electron chi connectivity index (χ0n) is 9.15. The predicted molar refractivity (Wildman–Crippen MR) is 61.6 cm³/mol. The highest BCUT2D eigenvalue weighted by Gasteiger charge is 2.27. The molecule has 1 atom stereocenters. The summed E-state index contributed by atoms with van der Waals surface area (Å²) in [6.45, 7) is 2.04. The Hall–Kier alpha value is -0.940. The summed E-state index contributed by atoms with van der Waals surface area (Å²) >= 11 is 5.83. The van der Waals surface area contributed by atoms with Crippen molar-refractivity contribution in [2.24, 2.45) is 0 Å². The molecule has 2 N–H and O–H groups in total. The number of hydrogen-bond donors (Lipinski definition) is 2. The molecule has 1 fully saturated rings. The lowest BCUT2D eigenvalue weighted by Crippen LogP contribution is -2.24. The Morgan fingerprint density at radius 2 is 2.19 bits per heavy atom. The van der Waals surface area contributed by atoms with E-state index < -0.39 is 0 Å². The van der Waals surface area contributed by atoms with E-state index in [1.165, 1.54) is 0 Å². The summed E-state index contributed by atoms with van der Waals surface area (Å²) < 4.78 is 0. The molecule has 88 valence electrons. The van der Waals surface area contributed by atoms with E-state index in [1.807, 2.05) is 6.92 Å². The van der Waals surface area contributed by atoms with Gasteiger partial charge in [-0.25, -0.2) is 4.98 Å². The number of aliphatic hydroxyl groups excluding tert-OH is 1. The molecule has 0 unspecified atom stereocenters. The van der Waals surface area contributed by atoms with Gasteiger partial charge in [0.25, 0.3) is 0 Å². The smallest absolute Gasteiger partial charge is 0.227 e. The summed E-state index contributed by atoms with van der Waals surface area (Å²) in [7, 11) is 0. The molecule has 1 saturated carbocycles. The van der Waals surface area contributed by atoms with Gasteiger partial charge in [-0.2, -0.15) is 9.97 Å². The maximum atomic E-state index is 9.08. The third-order valence-corrected chi connectivity index (χ3v) is 2.78. The zero-order valence-corrected chi connectivity index (χ0v) is 9.91. The van der Waals surface area contributed by atoms with Crippen LogP contribution in [0.4, 0.5) is 5.95 Å². The van der Waals surface area contributed by atoms with Gasteiger partial charge in [-0.05, 0) is 30.9 Å². The minimum Gasteiger partial charge on any atom is -0.394 e. The van der Waals surface area contributed by atoms with Crippen molar-refractivity contribution < 1.29 is 5.11 Å². The van der Waals surface area contributed by atoms with Crippen molar-refractivity contribution in [3.63, 3.8) is 0 Å². The van der Waals surface area contributed by atoms with Gasteiger partial charge in [0.15, 0.2) is 0 Å². The second-order valence-corrected chi connectivity index (χ2v) is 4.33. The van der Waals surface area contributed by atoms with Crippen molar-refractivity contribution in [1.29, 1.82) is 0 Å². The lowest BCUT2D eigenvalue weighted by atomic mass is 10.2. The number of aliphatic hydroxyl groups is 1. The molecule has 6 heteroatoms. The lowest BCUT2D eigenvalue weighted by Gasteiger charge is -2.14. The minimum atomic E-state index is -0.0366. The fraction of sp³-hybridized carbons (Fsp3) is 0.700. The van der Waals surface area contributed by atoms with E-state index >= 15 is 0 Å². The van der Waals surface area contributed by atoms with Gasteiger partial charge in [0.1, 0.15) is 5.82 Å². The van der Waals surface area contributed by atoms with Crippen molar-refractivity contribution in [1.82, 2.24) is 15.0 Å². The number of anilines is 1. The molecular formula is C10H15ClN4O. The molecule has 1 aromatic heterocycles. The van der Waals surface area contributed by atoms with Crippen LogP contribution in [-0.4, -0.2) is 32.7 Å². The summed E-state index contributed by atoms with van der Waals surface area (Å²) in [4.78, 5) is 12.4. The third kappa shape index (κ3) is 2.80. The normalized spacial score (nSPS) is 17.2. The summed E-state index contributed by atoms with van der Waals surface area (Å²) in [5.74, 6) is 1.66. The van der Waals surface area contributed by atoms with Crippen LogP contribution in [0.25, 0.3) is 0 Å². The minimum absolute atomic E-state index is 0.0366. The topological polar surface area (TPSA) is 70.9 Å². The average molecular weight is 243 g/mol. The van der Waals surface area contributed by atoms with Crippen LogP contribution in [0.2, 0.25) is 5.28 Å². The van der Waals surface area contributed by atoms with Crippen LogP contribution < -0.4 is 5.32 Å². The fourth-order valence-corrected chi connectivity index (χ4v) is 1.58. The third-order valence-electron chi connectivity index (χ3n) is 2.61. The first-order chi connectivity index (χ1) is 7.72. The molecule has 0 radical (unpaired) electrons. The van der Waals surface area contributed by atoms with Gasteiger partial charge in [-0.3, -0.25) is 0 Å². The van der Waals surface area contributed by atoms with Gasteiger partial charge >= 0.3 is 0 Å². The maximum absolute atomic E-state index is 9.08. The van der Waals surface area contributed by atoms with Crippen molar-refractivity contribution in [3.8, 4) is 0 Å². The fourth-order valence-electron chi connectivity index (χ4n) is 1.41. The van der Waals surface area contributed by atoms with Crippen molar-refractivity contribution >= 4 is 17.5 Å². The van der Waals surface area contributed by atoms with E-state index in [0.717, 1.165) is 25.1 Å². The molecule has 16 heavy (non-hydrogen) atoms. The average Bonchev–Trinajstić information content (AvgIpc) is 3.08. The van der Waals surface area contributed by atoms with Gasteiger partial charge in [-0.15, -0.1) is 0 Å². The Balaban J connectivity index is 2.13. The number of hydrogen-bond acceptors (Lipinski definition) is 5. The summed E-state index contributed by atoms with van der Waals surface area (Å²) in [6, 6.07) is -0.0366. The van der Waals surface area contributed by atoms with Gasteiger partial charge in [0.2, 0.25) is 11.2 Å². The van der Waals surface area contributed by atoms with Crippen molar-refractivity contribution in [2.75, 3.05) is 11.9 Å².